The van der Waals surface area contributed by atoms with E-state index in [4.69, 9.17) is 10.5 Å². The third-order valence-corrected chi connectivity index (χ3v) is 2.95. The van der Waals surface area contributed by atoms with Gasteiger partial charge < -0.3 is 15.4 Å². The van der Waals surface area contributed by atoms with Gasteiger partial charge in [0.15, 0.2) is 0 Å². The van der Waals surface area contributed by atoms with Crippen molar-refractivity contribution in [3.8, 4) is 0 Å². The van der Waals surface area contributed by atoms with Gasteiger partial charge in [-0.25, -0.2) is 0 Å². The van der Waals surface area contributed by atoms with Crippen molar-refractivity contribution in [1.29, 1.82) is 0 Å². The van der Waals surface area contributed by atoms with E-state index in [0.717, 1.165) is 6.54 Å². The first kappa shape index (κ1) is 12.5. The summed E-state index contributed by atoms with van der Waals surface area (Å²) >= 11 is 0. The second-order valence-electron chi connectivity index (χ2n) is 4.45. The van der Waals surface area contributed by atoms with Crippen LogP contribution in [0, 0.1) is 11.8 Å². The average molecular weight is 214 g/mol. The summed E-state index contributed by atoms with van der Waals surface area (Å²) in [5, 5.41) is 0. The Morgan fingerprint density at radius 3 is 2.80 bits per heavy atom. The number of nitrogens with two attached hydrogens (primary N) is 1. The molecule has 1 fully saturated rings. The molecule has 1 saturated heterocycles. The number of carbonyl (C=O) groups excluding carboxylic acids is 1. The highest BCUT2D eigenvalue weighted by Gasteiger charge is 2.30. The van der Waals surface area contributed by atoms with Crippen molar-refractivity contribution >= 4 is 5.91 Å². The van der Waals surface area contributed by atoms with E-state index < -0.39 is 0 Å². The lowest BCUT2D eigenvalue weighted by Crippen LogP contribution is -2.30. The van der Waals surface area contributed by atoms with Crippen LogP contribution in [-0.4, -0.2) is 43.7 Å². The molecule has 0 aromatic heterocycles. The summed E-state index contributed by atoms with van der Waals surface area (Å²) < 4.78 is 5.27. The molecular weight excluding hydrogens is 192 g/mol. The van der Waals surface area contributed by atoms with Gasteiger partial charge in [0.1, 0.15) is 0 Å². The lowest BCUT2D eigenvalue weighted by molar-refractivity contribution is -0.128. The third-order valence-electron chi connectivity index (χ3n) is 2.95. The van der Waals surface area contributed by atoms with Crippen molar-refractivity contribution < 1.29 is 9.53 Å². The molecule has 0 bridgehead atoms. The summed E-state index contributed by atoms with van der Waals surface area (Å²) in [4.78, 5) is 13.5. The average Bonchev–Trinajstić information content (AvgIpc) is 2.55. The molecular formula is C11H22N2O2. The van der Waals surface area contributed by atoms with Crippen molar-refractivity contribution in [3.63, 3.8) is 0 Å². The van der Waals surface area contributed by atoms with Crippen molar-refractivity contribution in [2.45, 2.75) is 20.3 Å². The van der Waals surface area contributed by atoms with Crippen LogP contribution in [0.25, 0.3) is 0 Å². The predicted molar refractivity (Wildman–Crippen MR) is 59.4 cm³/mol. The maximum Gasteiger partial charge on any atom is 0.223 e. The minimum absolute atomic E-state index is 0.269. The minimum Gasteiger partial charge on any atom is -0.378 e. The number of hydrogen-bond donors (Lipinski definition) is 1. The summed E-state index contributed by atoms with van der Waals surface area (Å²) in [6, 6.07) is 0. The van der Waals surface area contributed by atoms with E-state index in [-0.39, 0.29) is 5.91 Å². The minimum atomic E-state index is 0.269. The van der Waals surface area contributed by atoms with Crippen molar-refractivity contribution in [3.05, 3.63) is 0 Å². The fourth-order valence-corrected chi connectivity index (χ4v) is 1.83. The zero-order chi connectivity index (χ0) is 11.3. The van der Waals surface area contributed by atoms with Gasteiger partial charge in [-0.15, -0.1) is 0 Å². The Bertz CT molecular complexity index is 207. The quantitative estimate of drug-likeness (QED) is 0.654. The first-order chi connectivity index (χ1) is 7.15. The van der Waals surface area contributed by atoms with Gasteiger partial charge in [-0.2, -0.15) is 0 Å². The van der Waals surface area contributed by atoms with E-state index in [9.17, 15) is 4.79 Å². The summed E-state index contributed by atoms with van der Waals surface area (Å²) in [7, 11) is 0. The maximum absolute atomic E-state index is 11.6. The molecule has 0 saturated carbocycles. The fraction of sp³-hybridized carbons (Fsp3) is 0.909. The molecule has 0 aromatic rings. The molecule has 1 atom stereocenters. The molecule has 15 heavy (non-hydrogen) atoms. The van der Waals surface area contributed by atoms with Crippen LogP contribution in [0.5, 0.6) is 0 Å². The molecule has 4 heteroatoms. The Hall–Kier alpha value is -0.610. The molecule has 0 aliphatic carbocycles. The van der Waals surface area contributed by atoms with Gasteiger partial charge in [-0.1, -0.05) is 13.8 Å². The predicted octanol–water partition coefficient (Wildman–Crippen LogP) is 0.466. The van der Waals surface area contributed by atoms with E-state index in [1.807, 2.05) is 4.90 Å². The molecule has 0 spiro atoms. The Morgan fingerprint density at radius 1 is 1.53 bits per heavy atom. The zero-order valence-electron chi connectivity index (χ0n) is 9.74. The largest absolute Gasteiger partial charge is 0.378 e. The fourth-order valence-electron chi connectivity index (χ4n) is 1.83. The van der Waals surface area contributed by atoms with Crippen LogP contribution in [0.4, 0.5) is 0 Å². The van der Waals surface area contributed by atoms with Gasteiger partial charge >= 0.3 is 0 Å². The number of likely N-dealkylation sites (tertiary alicyclic amines) is 1. The monoisotopic (exact) mass is 214 g/mol. The van der Waals surface area contributed by atoms with Crippen LogP contribution < -0.4 is 5.73 Å². The topological polar surface area (TPSA) is 55.6 Å². The Morgan fingerprint density at radius 2 is 2.27 bits per heavy atom. The van der Waals surface area contributed by atoms with Crippen LogP contribution >= 0.6 is 0 Å². The summed E-state index contributed by atoms with van der Waals surface area (Å²) in [5.41, 5.74) is 5.31. The highest BCUT2D eigenvalue weighted by Crippen LogP contribution is 2.24. The van der Waals surface area contributed by atoms with Crippen molar-refractivity contribution in [1.82, 2.24) is 4.90 Å². The van der Waals surface area contributed by atoms with Gasteiger partial charge in [0.05, 0.1) is 13.2 Å². The first-order valence-corrected chi connectivity index (χ1v) is 5.70. The standard InChI is InChI=1S/C11H22N2O2/c1-9(2)10-7-11(14)13(8-10)4-6-15-5-3-12/h9-10H,3-8,12H2,1-2H3. The Balaban J connectivity index is 2.22. The van der Waals surface area contributed by atoms with Gasteiger partial charge in [0.2, 0.25) is 5.91 Å². The second kappa shape index (κ2) is 6.08. The molecule has 0 aromatic carbocycles. The van der Waals surface area contributed by atoms with E-state index in [1.54, 1.807) is 0 Å². The van der Waals surface area contributed by atoms with Gasteiger partial charge in [-0.3, -0.25) is 4.79 Å². The van der Waals surface area contributed by atoms with Gasteiger partial charge in [-0.05, 0) is 11.8 Å². The van der Waals surface area contributed by atoms with Crippen LogP contribution in [0.1, 0.15) is 20.3 Å². The van der Waals surface area contributed by atoms with E-state index in [2.05, 4.69) is 13.8 Å². The molecule has 0 radical (unpaired) electrons. The molecule has 1 unspecified atom stereocenters. The molecule has 2 N–H and O–H groups in total. The summed E-state index contributed by atoms with van der Waals surface area (Å²) in [6.07, 6.45) is 0.703. The van der Waals surface area contributed by atoms with Crippen molar-refractivity contribution in [2.75, 3.05) is 32.8 Å². The molecule has 88 valence electrons. The highest BCUT2D eigenvalue weighted by molar-refractivity contribution is 5.78. The SMILES string of the molecule is CC(C)C1CC(=O)N(CCOCCN)C1. The zero-order valence-corrected chi connectivity index (χ0v) is 9.74. The first-order valence-electron chi connectivity index (χ1n) is 5.70. The van der Waals surface area contributed by atoms with Gasteiger partial charge in [0, 0.05) is 26.1 Å². The molecule has 4 nitrogen and oxygen atoms in total. The molecule has 1 heterocycles. The normalized spacial score (nSPS) is 21.7. The smallest absolute Gasteiger partial charge is 0.223 e. The van der Waals surface area contributed by atoms with Gasteiger partial charge in [0.25, 0.3) is 0 Å². The number of nitrogens with zero attached hydrogens (tertiary/aromatic N) is 1. The van der Waals surface area contributed by atoms with Crippen LogP contribution in [0.3, 0.4) is 0 Å². The number of rotatable bonds is 6. The number of carbonyl (C=O) groups is 1. The van der Waals surface area contributed by atoms with Crippen LogP contribution in [0.2, 0.25) is 0 Å². The molecule has 1 amide bonds. The van der Waals surface area contributed by atoms with E-state index in [1.165, 1.54) is 0 Å². The lowest BCUT2D eigenvalue weighted by atomic mass is 9.95. The highest BCUT2D eigenvalue weighted by atomic mass is 16.5. The molecule has 1 rings (SSSR count). The maximum atomic E-state index is 11.6. The lowest BCUT2D eigenvalue weighted by Gasteiger charge is -2.17. The Labute approximate surface area is 91.8 Å². The third kappa shape index (κ3) is 3.80. The van der Waals surface area contributed by atoms with Crippen LogP contribution in [0.15, 0.2) is 0 Å². The molecule has 1 aliphatic rings. The van der Waals surface area contributed by atoms with E-state index >= 15 is 0 Å². The summed E-state index contributed by atoms with van der Waals surface area (Å²) in [6.45, 7) is 7.68. The second-order valence-corrected chi connectivity index (χ2v) is 4.45. The number of ether oxygens (including phenoxy) is 1. The molecule has 1 aliphatic heterocycles. The number of hydrogen-bond acceptors (Lipinski definition) is 3. The number of amides is 1. The van der Waals surface area contributed by atoms with Crippen molar-refractivity contribution in [2.24, 2.45) is 17.6 Å². The summed E-state index contributed by atoms with van der Waals surface area (Å²) in [5.74, 6) is 1.38. The van der Waals surface area contributed by atoms with Crippen LogP contribution in [-0.2, 0) is 9.53 Å². The van der Waals surface area contributed by atoms with E-state index in [0.29, 0.717) is 44.6 Å². The Kier molecular flexibility index (Phi) is 5.05.